The van der Waals surface area contributed by atoms with Crippen molar-refractivity contribution in [1.82, 2.24) is 0 Å². The van der Waals surface area contributed by atoms with Crippen LogP contribution in [0.25, 0.3) is 20.2 Å². The Kier molecular flexibility index (Phi) is 3.21. The van der Waals surface area contributed by atoms with Crippen LogP contribution in [0.4, 0.5) is 0 Å². The van der Waals surface area contributed by atoms with Gasteiger partial charge in [0.15, 0.2) is 5.43 Å². The van der Waals surface area contributed by atoms with Crippen molar-refractivity contribution in [2.75, 3.05) is 0 Å². The molecule has 96 valence electrons. The fourth-order valence-corrected chi connectivity index (χ4v) is 3.26. The summed E-state index contributed by atoms with van der Waals surface area (Å²) in [4.78, 5) is 33.4. The van der Waals surface area contributed by atoms with Gasteiger partial charge >= 0.3 is 0 Å². The highest BCUT2D eigenvalue weighted by Crippen LogP contribution is 2.29. The molecule has 2 aromatic carbocycles. The Hall–Kier alpha value is -1.52. The highest BCUT2D eigenvalue weighted by molar-refractivity contribution is 7.36. The van der Waals surface area contributed by atoms with Gasteiger partial charge in [0.2, 0.25) is 0 Å². The van der Waals surface area contributed by atoms with Gasteiger partial charge in [-0.3, -0.25) is 4.79 Å². The molecule has 0 radical (unpaired) electrons. The van der Waals surface area contributed by atoms with Gasteiger partial charge in [0.25, 0.3) is 0 Å². The van der Waals surface area contributed by atoms with Crippen molar-refractivity contribution >= 4 is 40.1 Å². The lowest BCUT2D eigenvalue weighted by Crippen LogP contribution is -2.12. The van der Waals surface area contributed by atoms with Crippen molar-refractivity contribution in [2.45, 2.75) is 0 Å². The first-order valence-electron chi connectivity index (χ1n) is 5.43. The zero-order valence-electron chi connectivity index (χ0n) is 9.53. The molecule has 0 N–H and O–H groups in total. The van der Waals surface area contributed by atoms with Gasteiger partial charge in [-0.15, -0.1) is 11.3 Å². The molecular weight excluding hydrogens is 283 g/mol. The van der Waals surface area contributed by atoms with E-state index in [1.54, 1.807) is 18.2 Å². The molecule has 0 bridgehead atoms. The summed E-state index contributed by atoms with van der Waals surface area (Å²) in [6, 6.07) is 12.0. The van der Waals surface area contributed by atoms with Gasteiger partial charge < -0.3 is 14.3 Å². The molecule has 19 heavy (non-hydrogen) atoms. The maximum absolute atomic E-state index is 12.3. The molecule has 0 atom stereocenters. The zero-order chi connectivity index (χ0) is 13.4. The monoisotopic (exact) mass is 290 g/mol. The number of hydrogen-bond donors (Lipinski definition) is 0. The normalized spacial score (nSPS) is 11.3. The maximum Gasteiger partial charge on any atom is 0.196 e. The third kappa shape index (κ3) is 2.33. The Morgan fingerprint density at radius 2 is 1.74 bits per heavy atom. The molecule has 0 saturated heterocycles. The minimum Gasteiger partial charge on any atom is -0.810 e. The molecule has 1 heterocycles. The highest BCUT2D eigenvalue weighted by Gasteiger charge is 2.06. The standard InChI is InChI=1S/C13H7O4PS/c14-13-9-3-1-2-4-11(9)19-12-6-5-8(7-10(12)13)17-18(15)16/h1-7H/q-2. The third-order valence-electron chi connectivity index (χ3n) is 2.73. The van der Waals surface area contributed by atoms with E-state index in [0.29, 0.717) is 10.8 Å². The van der Waals surface area contributed by atoms with Crippen molar-refractivity contribution in [2.24, 2.45) is 0 Å². The van der Waals surface area contributed by atoms with Gasteiger partial charge in [-0.25, -0.2) is 0 Å². The minimum absolute atomic E-state index is 0.115. The average molecular weight is 290 g/mol. The Balaban J connectivity index is 2.30. The summed E-state index contributed by atoms with van der Waals surface area (Å²) in [5, 5.41) is 1.10. The lowest BCUT2D eigenvalue weighted by molar-refractivity contribution is -0.310. The van der Waals surface area contributed by atoms with E-state index in [0.717, 1.165) is 9.40 Å². The first-order chi connectivity index (χ1) is 9.15. The summed E-state index contributed by atoms with van der Waals surface area (Å²) in [6.45, 7) is 0. The summed E-state index contributed by atoms with van der Waals surface area (Å²) in [5.41, 5.74) is -0.115. The van der Waals surface area contributed by atoms with Crippen molar-refractivity contribution in [3.05, 3.63) is 52.7 Å². The lowest BCUT2D eigenvalue weighted by Gasteiger charge is -2.29. The molecule has 4 nitrogen and oxygen atoms in total. The highest BCUT2D eigenvalue weighted by atomic mass is 32.1. The van der Waals surface area contributed by atoms with Crippen LogP contribution in [0.3, 0.4) is 0 Å². The number of rotatable bonds is 2. The van der Waals surface area contributed by atoms with Crippen LogP contribution in [0.1, 0.15) is 0 Å². The predicted molar refractivity (Wildman–Crippen MR) is 73.1 cm³/mol. The molecule has 0 aliphatic heterocycles. The Labute approximate surface area is 113 Å². The fraction of sp³-hybridized carbons (Fsp3) is 0. The van der Waals surface area contributed by atoms with Crippen LogP contribution in [-0.4, -0.2) is 0 Å². The second-order valence-electron chi connectivity index (χ2n) is 3.90. The van der Waals surface area contributed by atoms with E-state index in [-0.39, 0.29) is 11.2 Å². The Bertz CT molecular complexity index is 812. The van der Waals surface area contributed by atoms with Crippen LogP contribution in [-0.2, 0) is 0 Å². The van der Waals surface area contributed by atoms with E-state index in [1.807, 2.05) is 12.1 Å². The fourth-order valence-electron chi connectivity index (χ4n) is 1.93. The summed E-state index contributed by atoms with van der Waals surface area (Å²) >= 11 is 1.49. The van der Waals surface area contributed by atoms with Crippen molar-refractivity contribution in [3.63, 3.8) is 0 Å². The van der Waals surface area contributed by atoms with Crippen LogP contribution in [0.2, 0.25) is 0 Å². The number of benzene rings is 2. The SMILES string of the molecule is O=c1c2ccccc2sc2ccc(OP([O-])[O-])cc12. The summed E-state index contributed by atoms with van der Waals surface area (Å²) in [7, 11) is -2.97. The summed E-state index contributed by atoms with van der Waals surface area (Å²) < 4.78 is 6.32. The minimum atomic E-state index is -2.97. The quantitative estimate of drug-likeness (QED) is 0.532. The molecule has 0 aliphatic rings. The molecule has 3 aromatic rings. The molecule has 6 heteroatoms. The van der Waals surface area contributed by atoms with E-state index in [4.69, 9.17) is 0 Å². The van der Waals surface area contributed by atoms with E-state index >= 15 is 0 Å². The van der Waals surface area contributed by atoms with E-state index in [2.05, 4.69) is 4.52 Å². The zero-order valence-corrected chi connectivity index (χ0v) is 11.2. The summed E-state index contributed by atoms with van der Waals surface area (Å²) in [6.07, 6.45) is 0. The number of fused-ring (bicyclic) bond motifs is 2. The smallest absolute Gasteiger partial charge is 0.196 e. The second kappa shape index (κ2) is 4.87. The molecule has 3 rings (SSSR count). The molecule has 0 fully saturated rings. The van der Waals surface area contributed by atoms with Gasteiger partial charge in [-0.05, 0) is 30.3 Å². The third-order valence-corrected chi connectivity index (χ3v) is 4.24. The van der Waals surface area contributed by atoms with Crippen LogP contribution in [0.5, 0.6) is 5.75 Å². The Morgan fingerprint density at radius 1 is 1.00 bits per heavy atom. The molecule has 0 spiro atoms. The first-order valence-corrected chi connectivity index (χ1v) is 7.34. The van der Waals surface area contributed by atoms with Gasteiger partial charge in [0.05, 0.1) is 0 Å². The van der Waals surface area contributed by atoms with Gasteiger partial charge in [0, 0.05) is 20.2 Å². The topological polar surface area (TPSA) is 72.4 Å². The van der Waals surface area contributed by atoms with Crippen LogP contribution >= 0.6 is 19.9 Å². The first kappa shape index (κ1) is 12.5. The second-order valence-corrected chi connectivity index (χ2v) is 5.61. The molecule has 1 aromatic heterocycles. The molecular formula is C13H7O4PS-2. The van der Waals surface area contributed by atoms with Gasteiger partial charge in [-0.1, -0.05) is 20.7 Å². The van der Waals surface area contributed by atoms with Crippen LogP contribution in [0.15, 0.2) is 47.3 Å². The van der Waals surface area contributed by atoms with Gasteiger partial charge in [-0.2, -0.15) is 0 Å². The Morgan fingerprint density at radius 3 is 2.53 bits per heavy atom. The van der Waals surface area contributed by atoms with Crippen LogP contribution in [0, 0.1) is 0 Å². The molecule has 0 aliphatic carbocycles. The maximum atomic E-state index is 12.3. The number of hydrogen-bond acceptors (Lipinski definition) is 5. The summed E-state index contributed by atoms with van der Waals surface area (Å²) in [5.74, 6) is 0.156. The van der Waals surface area contributed by atoms with Crippen LogP contribution < -0.4 is 19.7 Å². The largest absolute Gasteiger partial charge is 0.810 e. The molecule has 0 saturated carbocycles. The molecule has 0 amide bonds. The molecule has 0 unspecified atom stereocenters. The van der Waals surface area contributed by atoms with Crippen molar-refractivity contribution < 1.29 is 14.3 Å². The average Bonchev–Trinajstić information content (AvgIpc) is 2.39. The van der Waals surface area contributed by atoms with Crippen molar-refractivity contribution in [1.29, 1.82) is 0 Å². The van der Waals surface area contributed by atoms with Crippen molar-refractivity contribution in [3.8, 4) is 5.75 Å². The lowest BCUT2D eigenvalue weighted by atomic mass is 10.2. The van der Waals surface area contributed by atoms with Gasteiger partial charge in [0.1, 0.15) is 5.75 Å². The predicted octanol–water partition coefficient (Wildman–Crippen LogP) is 1.74. The van der Waals surface area contributed by atoms with E-state index in [1.165, 1.54) is 23.5 Å². The van der Waals surface area contributed by atoms with E-state index in [9.17, 15) is 14.6 Å². The van der Waals surface area contributed by atoms with E-state index < -0.39 is 8.60 Å².